The fourth-order valence-corrected chi connectivity index (χ4v) is 2.31. The summed E-state index contributed by atoms with van der Waals surface area (Å²) in [6, 6.07) is 10.5. The van der Waals surface area contributed by atoms with E-state index in [4.69, 9.17) is 0 Å². The second-order valence-corrected chi connectivity index (χ2v) is 4.73. The van der Waals surface area contributed by atoms with E-state index in [-0.39, 0.29) is 5.78 Å². The lowest BCUT2D eigenvalue weighted by molar-refractivity contribution is -0.116. The van der Waals surface area contributed by atoms with E-state index in [0.29, 0.717) is 6.42 Å². The maximum Gasteiger partial charge on any atom is 0.133 e. The summed E-state index contributed by atoms with van der Waals surface area (Å²) in [7, 11) is 0. The third-order valence-electron chi connectivity index (χ3n) is 3.03. The van der Waals surface area contributed by atoms with Gasteiger partial charge in [-0.15, -0.1) is 0 Å². The quantitative estimate of drug-likeness (QED) is 0.740. The molecule has 1 aliphatic rings. The van der Waals surface area contributed by atoms with E-state index in [9.17, 15) is 4.79 Å². The Morgan fingerprint density at radius 3 is 2.76 bits per heavy atom. The number of carbonyl (C=O) groups is 1. The molecular formula is C15H19NO. The van der Waals surface area contributed by atoms with Crippen LogP contribution in [0.3, 0.4) is 0 Å². The molecule has 0 unspecified atom stereocenters. The van der Waals surface area contributed by atoms with Gasteiger partial charge >= 0.3 is 0 Å². The Balaban J connectivity index is 1.92. The Kier molecular flexibility index (Phi) is 4.10. The van der Waals surface area contributed by atoms with Gasteiger partial charge in [0.05, 0.1) is 0 Å². The van der Waals surface area contributed by atoms with Crippen LogP contribution in [0.4, 0.5) is 0 Å². The van der Waals surface area contributed by atoms with Gasteiger partial charge in [-0.05, 0) is 18.9 Å². The van der Waals surface area contributed by atoms with Crippen LogP contribution in [0, 0.1) is 0 Å². The van der Waals surface area contributed by atoms with Crippen LogP contribution in [0.15, 0.2) is 42.0 Å². The Morgan fingerprint density at radius 1 is 1.29 bits per heavy atom. The molecule has 0 aromatic heterocycles. The molecule has 17 heavy (non-hydrogen) atoms. The van der Waals surface area contributed by atoms with Crippen molar-refractivity contribution in [3.63, 3.8) is 0 Å². The highest BCUT2D eigenvalue weighted by molar-refractivity contribution is 5.78. The first-order chi connectivity index (χ1) is 8.24. The Hall–Kier alpha value is -1.41. The maximum atomic E-state index is 11.1. The molecule has 0 radical (unpaired) electrons. The lowest BCUT2D eigenvalue weighted by atomic mass is 10.0. The van der Waals surface area contributed by atoms with Crippen molar-refractivity contribution >= 4 is 5.78 Å². The number of benzene rings is 1. The number of rotatable bonds is 4. The molecule has 0 N–H and O–H groups in total. The topological polar surface area (TPSA) is 20.3 Å². The van der Waals surface area contributed by atoms with E-state index in [1.54, 1.807) is 6.92 Å². The molecule has 0 atom stereocenters. The first-order valence-electron chi connectivity index (χ1n) is 6.17. The summed E-state index contributed by atoms with van der Waals surface area (Å²) in [5.41, 5.74) is 2.62. The number of carbonyl (C=O) groups excluding carboxylic acids is 1. The molecule has 0 saturated carbocycles. The second-order valence-electron chi connectivity index (χ2n) is 4.73. The molecule has 0 amide bonds. The fraction of sp³-hybridized carbons (Fsp3) is 0.400. The first-order valence-corrected chi connectivity index (χ1v) is 6.17. The molecular weight excluding hydrogens is 210 g/mol. The van der Waals surface area contributed by atoms with Crippen molar-refractivity contribution in [1.29, 1.82) is 0 Å². The largest absolute Gasteiger partial charge is 0.300 e. The molecule has 0 bridgehead atoms. The zero-order chi connectivity index (χ0) is 12.1. The summed E-state index contributed by atoms with van der Waals surface area (Å²) < 4.78 is 0. The van der Waals surface area contributed by atoms with Crippen LogP contribution in [-0.2, 0) is 11.3 Å². The van der Waals surface area contributed by atoms with Crippen LogP contribution in [0.1, 0.15) is 25.3 Å². The molecule has 1 heterocycles. The predicted molar refractivity (Wildman–Crippen MR) is 69.7 cm³/mol. The van der Waals surface area contributed by atoms with Crippen LogP contribution in [0.2, 0.25) is 0 Å². The van der Waals surface area contributed by atoms with Gasteiger partial charge in [-0.2, -0.15) is 0 Å². The van der Waals surface area contributed by atoms with Crippen molar-refractivity contribution in [1.82, 2.24) is 4.90 Å². The van der Waals surface area contributed by atoms with Gasteiger partial charge in [0.2, 0.25) is 0 Å². The van der Waals surface area contributed by atoms with Gasteiger partial charge in [0.25, 0.3) is 0 Å². The van der Waals surface area contributed by atoms with Gasteiger partial charge < -0.3 is 0 Å². The first kappa shape index (κ1) is 12.1. The molecule has 2 nitrogen and oxygen atoms in total. The van der Waals surface area contributed by atoms with Crippen LogP contribution >= 0.6 is 0 Å². The molecule has 0 spiro atoms. The van der Waals surface area contributed by atoms with Crippen molar-refractivity contribution in [3.8, 4) is 0 Å². The summed E-state index contributed by atoms with van der Waals surface area (Å²) in [5.74, 6) is 0.262. The fourth-order valence-electron chi connectivity index (χ4n) is 2.31. The van der Waals surface area contributed by atoms with E-state index >= 15 is 0 Å². The monoisotopic (exact) mass is 229 g/mol. The van der Waals surface area contributed by atoms with Crippen molar-refractivity contribution in [3.05, 3.63) is 47.5 Å². The van der Waals surface area contributed by atoms with Crippen LogP contribution < -0.4 is 0 Å². The molecule has 1 aliphatic heterocycles. The number of hydrogen-bond acceptors (Lipinski definition) is 2. The normalized spacial score (nSPS) is 16.6. The number of ketones is 1. The smallest absolute Gasteiger partial charge is 0.133 e. The van der Waals surface area contributed by atoms with Gasteiger partial charge in [0.1, 0.15) is 5.78 Å². The van der Waals surface area contributed by atoms with Crippen molar-refractivity contribution < 1.29 is 4.79 Å². The van der Waals surface area contributed by atoms with E-state index in [1.165, 1.54) is 11.1 Å². The number of Topliss-reactive ketones (excluding diaryl/α,β-unsaturated/α-hetero) is 1. The average Bonchev–Trinajstić information content (AvgIpc) is 2.30. The van der Waals surface area contributed by atoms with Gasteiger partial charge in [0, 0.05) is 26.1 Å². The van der Waals surface area contributed by atoms with Crippen LogP contribution in [0.5, 0.6) is 0 Å². The summed E-state index contributed by atoms with van der Waals surface area (Å²) in [6.07, 6.45) is 3.91. The highest BCUT2D eigenvalue weighted by Crippen LogP contribution is 2.15. The van der Waals surface area contributed by atoms with Crippen molar-refractivity contribution in [2.45, 2.75) is 26.3 Å². The highest BCUT2D eigenvalue weighted by Gasteiger charge is 2.13. The SMILES string of the molecule is CC(=O)CC1=CCCN(Cc2ccccc2)C1. The summed E-state index contributed by atoms with van der Waals surface area (Å²) in [4.78, 5) is 13.5. The lowest BCUT2D eigenvalue weighted by Crippen LogP contribution is -2.30. The molecule has 0 aliphatic carbocycles. The maximum absolute atomic E-state index is 11.1. The highest BCUT2D eigenvalue weighted by atomic mass is 16.1. The molecule has 90 valence electrons. The van der Waals surface area contributed by atoms with Crippen LogP contribution in [-0.4, -0.2) is 23.8 Å². The molecule has 2 heteroatoms. The second kappa shape index (κ2) is 5.78. The zero-order valence-electron chi connectivity index (χ0n) is 10.4. The summed E-state index contributed by atoms with van der Waals surface area (Å²) >= 11 is 0. The molecule has 2 rings (SSSR count). The third-order valence-corrected chi connectivity index (χ3v) is 3.03. The Morgan fingerprint density at radius 2 is 2.06 bits per heavy atom. The lowest BCUT2D eigenvalue weighted by Gasteiger charge is -2.27. The minimum atomic E-state index is 0.262. The van der Waals surface area contributed by atoms with Gasteiger partial charge in [-0.1, -0.05) is 42.0 Å². The number of nitrogens with zero attached hydrogens (tertiary/aromatic N) is 1. The Bertz CT molecular complexity index is 408. The van der Waals surface area contributed by atoms with Gasteiger partial charge in [-0.25, -0.2) is 0 Å². The minimum absolute atomic E-state index is 0.262. The van der Waals surface area contributed by atoms with Crippen molar-refractivity contribution in [2.24, 2.45) is 0 Å². The van der Waals surface area contributed by atoms with E-state index in [0.717, 1.165) is 26.1 Å². The van der Waals surface area contributed by atoms with Gasteiger partial charge in [-0.3, -0.25) is 9.69 Å². The van der Waals surface area contributed by atoms with Crippen molar-refractivity contribution in [2.75, 3.05) is 13.1 Å². The summed E-state index contributed by atoms with van der Waals surface area (Å²) in [5, 5.41) is 0. The standard InChI is InChI=1S/C15H19NO/c1-13(17)10-15-8-5-9-16(12-15)11-14-6-3-2-4-7-14/h2-4,6-8H,5,9-12H2,1H3. The predicted octanol–water partition coefficient (Wildman–Crippen LogP) is 2.80. The Labute approximate surface area is 103 Å². The minimum Gasteiger partial charge on any atom is -0.300 e. The van der Waals surface area contributed by atoms with E-state index < -0.39 is 0 Å². The zero-order valence-corrected chi connectivity index (χ0v) is 10.4. The van der Waals surface area contributed by atoms with E-state index in [1.807, 2.05) is 6.07 Å². The molecule has 0 fully saturated rings. The number of hydrogen-bond donors (Lipinski definition) is 0. The average molecular weight is 229 g/mol. The van der Waals surface area contributed by atoms with Crippen LogP contribution in [0.25, 0.3) is 0 Å². The van der Waals surface area contributed by atoms with Gasteiger partial charge in [0.15, 0.2) is 0 Å². The third kappa shape index (κ3) is 3.82. The molecule has 1 aromatic carbocycles. The molecule has 1 aromatic rings. The van der Waals surface area contributed by atoms with E-state index in [2.05, 4.69) is 35.2 Å². The summed E-state index contributed by atoms with van der Waals surface area (Å²) in [6.45, 7) is 4.68. The molecule has 0 saturated heterocycles.